The van der Waals surface area contributed by atoms with Crippen molar-refractivity contribution in [3.8, 4) is 0 Å². The van der Waals surface area contributed by atoms with Crippen LogP contribution in [-0.2, 0) is 22.6 Å². The number of benzene rings is 1. The van der Waals surface area contributed by atoms with Crippen LogP contribution in [0.2, 0.25) is 5.02 Å². The summed E-state index contributed by atoms with van der Waals surface area (Å²) in [5.74, 6) is -0.291. The molecule has 156 valence electrons. The molecule has 0 atom stereocenters. The molecule has 0 spiro atoms. The van der Waals surface area contributed by atoms with E-state index >= 15 is 0 Å². The monoisotopic (exact) mass is 417 g/mol. The lowest BCUT2D eigenvalue weighted by atomic mass is 9.96. The Balaban J connectivity index is 1.45. The van der Waals surface area contributed by atoms with E-state index in [1.807, 2.05) is 38.1 Å². The first kappa shape index (κ1) is 21.3. The van der Waals surface area contributed by atoms with Gasteiger partial charge >= 0.3 is 0 Å². The van der Waals surface area contributed by atoms with Crippen LogP contribution in [0.4, 0.5) is 5.69 Å². The SMILES string of the molecule is Cc1nn(CC(=O)Nc2ccc(CCN3CCC(C(N)=O)CC3)cc2)c(C)c1Cl. The maximum atomic E-state index is 12.3. The molecule has 0 saturated carbocycles. The van der Waals surface area contributed by atoms with Gasteiger partial charge in [-0.1, -0.05) is 23.7 Å². The van der Waals surface area contributed by atoms with Crippen LogP contribution in [0.3, 0.4) is 0 Å². The van der Waals surface area contributed by atoms with Gasteiger partial charge in [0.15, 0.2) is 0 Å². The molecule has 8 heteroatoms. The first-order chi connectivity index (χ1) is 13.8. The van der Waals surface area contributed by atoms with Gasteiger partial charge in [-0.25, -0.2) is 0 Å². The Bertz CT molecular complexity index is 870. The molecule has 1 aromatic heterocycles. The van der Waals surface area contributed by atoms with Crippen molar-refractivity contribution < 1.29 is 9.59 Å². The fourth-order valence-corrected chi connectivity index (χ4v) is 3.78. The molecule has 1 aliphatic rings. The van der Waals surface area contributed by atoms with E-state index in [1.54, 1.807) is 4.68 Å². The summed E-state index contributed by atoms with van der Waals surface area (Å²) in [6.07, 6.45) is 2.63. The van der Waals surface area contributed by atoms with Gasteiger partial charge in [-0.3, -0.25) is 14.3 Å². The van der Waals surface area contributed by atoms with Crippen molar-refractivity contribution in [1.82, 2.24) is 14.7 Å². The van der Waals surface area contributed by atoms with Crippen LogP contribution in [0.15, 0.2) is 24.3 Å². The Morgan fingerprint density at radius 1 is 1.21 bits per heavy atom. The smallest absolute Gasteiger partial charge is 0.246 e. The summed E-state index contributed by atoms with van der Waals surface area (Å²) in [4.78, 5) is 25.9. The molecule has 2 aromatic rings. The molecule has 1 aliphatic heterocycles. The number of nitrogens with one attached hydrogen (secondary N) is 1. The summed E-state index contributed by atoms with van der Waals surface area (Å²) in [5, 5.41) is 7.78. The fraction of sp³-hybridized carbons (Fsp3) is 0.476. The van der Waals surface area contributed by atoms with Gasteiger partial charge in [0, 0.05) is 18.2 Å². The number of halogens is 1. The van der Waals surface area contributed by atoms with E-state index in [0.29, 0.717) is 5.02 Å². The van der Waals surface area contributed by atoms with Crippen molar-refractivity contribution in [2.24, 2.45) is 11.7 Å². The molecule has 7 nitrogen and oxygen atoms in total. The maximum Gasteiger partial charge on any atom is 0.246 e. The third-order valence-electron chi connectivity index (χ3n) is 5.53. The van der Waals surface area contributed by atoms with Gasteiger partial charge in [0.05, 0.1) is 16.4 Å². The number of carbonyl (C=O) groups excluding carboxylic acids is 2. The molecule has 2 amide bonds. The van der Waals surface area contributed by atoms with Crippen molar-refractivity contribution in [2.75, 3.05) is 25.0 Å². The summed E-state index contributed by atoms with van der Waals surface area (Å²) in [6.45, 7) is 6.58. The minimum absolute atomic E-state index is 0.0274. The molecule has 29 heavy (non-hydrogen) atoms. The van der Waals surface area contributed by atoms with E-state index < -0.39 is 0 Å². The molecule has 2 heterocycles. The number of primary amides is 1. The number of nitrogens with two attached hydrogens (primary N) is 1. The lowest BCUT2D eigenvalue weighted by molar-refractivity contribution is -0.123. The third-order valence-corrected chi connectivity index (χ3v) is 6.08. The molecule has 1 saturated heterocycles. The number of aryl methyl sites for hydroxylation is 1. The van der Waals surface area contributed by atoms with Gasteiger partial charge < -0.3 is 16.0 Å². The Morgan fingerprint density at radius 2 is 1.86 bits per heavy atom. The second-order valence-corrected chi connectivity index (χ2v) is 8.03. The lowest BCUT2D eigenvalue weighted by Gasteiger charge is -2.30. The van der Waals surface area contributed by atoms with E-state index in [2.05, 4.69) is 15.3 Å². The number of aromatic nitrogens is 2. The molecule has 0 radical (unpaired) electrons. The maximum absolute atomic E-state index is 12.3. The number of hydrogen-bond donors (Lipinski definition) is 2. The van der Waals surface area contributed by atoms with Crippen LogP contribution in [0.25, 0.3) is 0 Å². The zero-order chi connectivity index (χ0) is 21.0. The highest BCUT2D eigenvalue weighted by Gasteiger charge is 2.22. The zero-order valence-corrected chi connectivity index (χ0v) is 17.7. The lowest BCUT2D eigenvalue weighted by Crippen LogP contribution is -2.39. The minimum atomic E-state index is -0.178. The highest BCUT2D eigenvalue weighted by Crippen LogP contribution is 2.19. The van der Waals surface area contributed by atoms with Crippen molar-refractivity contribution in [1.29, 1.82) is 0 Å². The standard InChI is InChI=1S/C21H28ClN5O2/c1-14-20(22)15(2)27(25-14)13-19(28)24-18-5-3-16(4-6-18)7-10-26-11-8-17(9-12-26)21(23)29/h3-6,17H,7-13H2,1-2H3,(H2,23,29)(H,24,28). The number of anilines is 1. The van der Waals surface area contributed by atoms with Crippen molar-refractivity contribution in [3.63, 3.8) is 0 Å². The normalized spacial score (nSPS) is 15.4. The van der Waals surface area contributed by atoms with Crippen molar-refractivity contribution in [2.45, 2.75) is 39.7 Å². The zero-order valence-electron chi connectivity index (χ0n) is 16.9. The van der Waals surface area contributed by atoms with Crippen LogP contribution < -0.4 is 11.1 Å². The Morgan fingerprint density at radius 3 is 2.41 bits per heavy atom. The van der Waals surface area contributed by atoms with Crippen LogP contribution in [0.1, 0.15) is 29.8 Å². The van der Waals surface area contributed by atoms with Crippen LogP contribution in [0, 0.1) is 19.8 Å². The summed E-state index contributed by atoms with van der Waals surface area (Å²) in [5.41, 5.74) is 8.87. The molecule has 1 fully saturated rings. The Hall–Kier alpha value is -2.38. The number of likely N-dealkylation sites (tertiary alicyclic amines) is 1. The van der Waals surface area contributed by atoms with E-state index in [1.165, 1.54) is 5.56 Å². The van der Waals surface area contributed by atoms with E-state index in [4.69, 9.17) is 17.3 Å². The van der Waals surface area contributed by atoms with Crippen LogP contribution >= 0.6 is 11.6 Å². The molecular formula is C21H28ClN5O2. The van der Waals surface area contributed by atoms with Gasteiger partial charge in [-0.05, 0) is 63.9 Å². The topological polar surface area (TPSA) is 93.2 Å². The third kappa shape index (κ3) is 5.58. The minimum Gasteiger partial charge on any atom is -0.369 e. The van der Waals surface area contributed by atoms with E-state index in [-0.39, 0.29) is 24.3 Å². The second kappa shape index (κ2) is 9.41. The molecule has 0 unspecified atom stereocenters. The predicted octanol–water partition coefficient (Wildman–Crippen LogP) is 2.53. The number of amides is 2. The number of rotatable bonds is 7. The highest BCUT2D eigenvalue weighted by molar-refractivity contribution is 6.31. The molecule has 3 N–H and O–H groups in total. The second-order valence-electron chi connectivity index (χ2n) is 7.66. The average molecular weight is 418 g/mol. The summed E-state index contributed by atoms with van der Waals surface area (Å²) >= 11 is 6.13. The first-order valence-electron chi connectivity index (χ1n) is 9.93. The Kier molecular flexibility index (Phi) is 6.92. The quantitative estimate of drug-likeness (QED) is 0.723. The Labute approximate surface area is 176 Å². The number of nitrogens with zero attached hydrogens (tertiary/aromatic N) is 3. The number of carbonyl (C=O) groups is 2. The fourth-order valence-electron chi connectivity index (χ4n) is 3.65. The van der Waals surface area contributed by atoms with Gasteiger partial charge in [0.2, 0.25) is 11.8 Å². The van der Waals surface area contributed by atoms with Gasteiger partial charge in [-0.2, -0.15) is 5.10 Å². The largest absolute Gasteiger partial charge is 0.369 e. The molecule has 0 bridgehead atoms. The number of hydrogen-bond acceptors (Lipinski definition) is 4. The first-order valence-corrected chi connectivity index (χ1v) is 10.3. The van der Waals surface area contributed by atoms with Gasteiger partial charge in [0.1, 0.15) is 6.54 Å². The highest BCUT2D eigenvalue weighted by atomic mass is 35.5. The summed E-state index contributed by atoms with van der Waals surface area (Å²) in [7, 11) is 0. The number of piperidine rings is 1. The van der Waals surface area contributed by atoms with Gasteiger partial charge in [-0.15, -0.1) is 0 Å². The predicted molar refractivity (Wildman–Crippen MR) is 114 cm³/mol. The van der Waals surface area contributed by atoms with Crippen molar-refractivity contribution in [3.05, 3.63) is 46.2 Å². The van der Waals surface area contributed by atoms with E-state index in [9.17, 15) is 9.59 Å². The van der Waals surface area contributed by atoms with Crippen molar-refractivity contribution >= 4 is 29.1 Å². The van der Waals surface area contributed by atoms with Gasteiger partial charge in [0.25, 0.3) is 0 Å². The summed E-state index contributed by atoms with van der Waals surface area (Å²) in [6, 6.07) is 7.90. The molecular weight excluding hydrogens is 390 g/mol. The van der Waals surface area contributed by atoms with Crippen LogP contribution in [-0.4, -0.2) is 46.1 Å². The average Bonchev–Trinajstić information content (AvgIpc) is 2.94. The molecule has 1 aromatic carbocycles. The van der Waals surface area contributed by atoms with Crippen LogP contribution in [0.5, 0.6) is 0 Å². The molecule has 3 rings (SSSR count). The van der Waals surface area contributed by atoms with E-state index in [0.717, 1.165) is 56.0 Å². The molecule has 0 aliphatic carbocycles. The summed E-state index contributed by atoms with van der Waals surface area (Å²) < 4.78 is 1.61.